The number of esters is 1. The smallest absolute Gasteiger partial charge is 0.328 e. The molecule has 0 N–H and O–H groups in total. The van der Waals surface area contributed by atoms with Crippen molar-refractivity contribution in [2.75, 3.05) is 13.2 Å². The fourth-order valence-corrected chi connectivity index (χ4v) is 3.12. The van der Waals surface area contributed by atoms with Crippen molar-refractivity contribution in [1.82, 2.24) is 5.06 Å². The van der Waals surface area contributed by atoms with E-state index in [2.05, 4.69) is 26.0 Å². The Balaban J connectivity index is 2.11. The molecule has 0 radical (unpaired) electrons. The van der Waals surface area contributed by atoms with Crippen molar-refractivity contribution >= 4 is 5.97 Å². The van der Waals surface area contributed by atoms with Gasteiger partial charge in [0.15, 0.2) is 0 Å². The lowest BCUT2D eigenvalue weighted by atomic mass is 9.86. The van der Waals surface area contributed by atoms with Crippen LogP contribution in [0.25, 0.3) is 0 Å². The van der Waals surface area contributed by atoms with Gasteiger partial charge in [0.1, 0.15) is 12.1 Å². The Kier molecular flexibility index (Phi) is 5.24. The number of hydrogen-bond donors (Lipinski definition) is 0. The second kappa shape index (κ2) is 6.80. The fraction of sp³-hybridized carbons (Fsp3) is 0.611. The Morgan fingerprint density at radius 2 is 1.82 bits per heavy atom. The third-order valence-corrected chi connectivity index (χ3v) is 4.50. The van der Waals surface area contributed by atoms with Gasteiger partial charge in [0.25, 0.3) is 0 Å². The molecule has 1 heterocycles. The van der Waals surface area contributed by atoms with Crippen LogP contribution in [0.2, 0.25) is 0 Å². The summed E-state index contributed by atoms with van der Waals surface area (Å²) >= 11 is 0. The first-order chi connectivity index (χ1) is 10.5. The molecule has 0 amide bonds. The summed E-state index contributed by atoms with van der Waals surface area (Å²) in [6.07, 6.45) is 2.18. The highest BCUT2D eigenvalue weighted by molar-refractivity contribution is 5.81. The van der Waals surface area contributed by atoms with Gasteiger partial charge < -0.3 is 4.74 Å². The number of carbonyl (C=O) groups excluding carboxylic acids is 1. The summed E-state index contributed by atoms with van der Waals surface area (Å²) in [5.41, 5.74) is 0.230. The fourth-order valence-electron chi connectivity index (χ4n) is 3.12. The van der Waals surface area contributed by atoms with Gasteiger partial charge in [-0.3, -0.25) is 4.84 Å². The molecule has 0 saturated carbocycles. The van der Waals surface area contributed by atoms with Crippen molar-refractivity contribution in [2.45, 2.75) is 58.0 Å². The number of hydroxylamine groups is 2. The zero-order chi connectivity index (χ0) is 16.2. The van der Waals surface area contributed by atoms with Gasteiger partial charge in [-0.1, -0.05) is 44.2 Å². The van der Waals surface area contributed by atoms with E-state index in [1.165, 1.54) is 5.56 Å². The van der Waals surface area contributed by atoms with Gasteiger partial charge in [-0.05, 0) is 38.7 Å². The highest BCUT2D eigenvalue weighted by Gasteiger charge is 2.53. The van der Waals surface area contributed by atoms with Crippen LogP contribution in [0.1, 0.15) is 46.1 Å². The van der Waals surface area contributed by atoms with E-state index in [4.69, 9.17) is 9.57 Å². The molecule has 1 saturated heterocycles. The molecule has 4 nitrogen and oxygen atoms in total. The molecule has 1 aliphatic rings. The quantitative estimate of drug-likeness (QED) is 0.756. The topological polar surface area (TPSA) is 38.8 Å². The highest BCUT2D eigenvalue weighted by Crippen LogP contribution is 2.37. The summed E-state index contributed by atoms with van der Waals surface area (Å²) in [4.78, 5) is 18.5. The summed E-state index contributed by atoms with van der Waals surface area (Å²) in [6.45, 7) is 9.06. The van der Waals surface area contributed by atoms with Crippen LogP contribution >= 0.6 is 0 Å². The zero-order valence-corrected chi connectivity index (χ0v) is 14.1. The molecule has 0 aliphatic carbocycles. The first-order valence-electron chi connectivity index (χ1n) is 8.10. The van der Waals surface area contributed by atoms with E-state index in [-0.39, 0.29) is 11.5 Å². The van der Waals surface area contributed by atoms with E-state index in [0.717, 1.165) is 6.42 Å². The van der Waals surface area contributed by atoms with Crippen LogP contribution in [-0.2, 0) is 20.8 Å². The van der Waals surface area contributed by atoms with Crippen LogP contribution in [0, 0.1) is 0 Å². The first kappa shape index (κ1) is 17.0. The Labute approximate surface area is 133 Å². The molecular weight excluding hydrogens is 278 g/mol. The monoisotopic (exact) mass is 305 g/mol. The van der Waals surface area contributed by atoms with Crippen molar-refractivity contribution in [2.24, 2.45) is 0 Å². The third-order valence-electron chi connectivity index (χ3n) is 4.50. The standard InChI is InChI=1S/C18H27NO3/c1-5-18(6-2)16(20)21-14-17(3,4)19(18)22-13-12-15-10-8-7-9-11-15/h7-11H,5-6,12-14H2,1-4H3. The molecule has 0 unspecified atom stereocenters. The normalized spacial score (nSPS) is 20.6. The lowest BCUT2D eigenvalue weighted by molar-refractivity contribution is -0.301. The Bertz CT molecular complexity index is 494. The number of hydrogen-bond acceptors (Lipinski definition) is 4. The highest BCUT2D eigenvalue weighted by atomic mass is 16.7. The van der Waals surface area contributed by atoms with Crippen LogP contribution in [0.4, 0.5) is 0 Å². The summed E-state index contributed by atoms with van der Waals surface area (Å²) in [5.74, 6) is -0.170. The Hall–Kier alpha value is -1.39. The van der Waals surface area contributed by atoms with Crippen molar-refractivity contribution < 1.29 is 14.4 Å². The summed E-state index contributed by atoms with van der Waals surface area (Å²) < 4.78 is 5.43. The van der Waals surface area contributed by atoms with E-state index in [1.807, 2.05) is 37.1 Å². The van der Waals surface area contributed by atoms with Gasteiger partial charge in [-0.25, -0.2) is 4.79 Å². The number of ether oxygens (including phenoxy) is 1. The van der Waals surface area contributed by atoms with Crippen LogP contribution in [0.5, 0.6) is 0 Å². The number of rotatable bonds is 6. The number of cyclic esters (lactones) is 1. The molecule has 0 aromatic heterocycles. The van der Waals surface area contributed by atoms with E-state index >= 15 is 0 Å². The minimum absolute atomic E-state index is 0.170. The number of carbonyl (C=O) groups is 1. The first-order valence-corrected chi connectivity index (χ1v) is 8.10. The molecule has 1 aromatic carbocycles. The minimum Gasteiger partial charge on any atom is -0.462 e. The number of morpholine rings is 1. The molecule has 2 rings (SSSR count). The van der Waals surface area contributed by atoms with E-state index in [1.54, 1.807) is 0 Å². The van der Waals surface area contributed by atoms with E-state index in [0.29, 0.717) is 26.1 Å². The zero-order valence-electron chi connectivity index (χ0n) is 14.1. The molecule has 122 valence electrons. The lowest BCUT2D eigenvalue weighted by Crippen LogP contribution is -2.67. The molecule has 1 fully saturated rings. The Morgan fingerprint density at radius 3 is 2.41 bits per heavy atom. The third kappa shape index (κ3) is 3.18. The van der Waals surface area contributed by atoms with Crippen LogP contribution in [0.3, 0.4) is 0 Å². The second-order valence-electron chi connectivity index (χ2n) is 6.49. The number of nitrogens with zero attached hydrogens (tertiary/aromatic N) is 1. The SMILES string of the molecule is CCC1(CC)C(=O)OCC(C)(C)N1OCCc1ccccc1. The van der Waals surface area contributed by atoms with Crippen LogP contribution in [0.15, 0.2) is 30.3 Å². The molecule has 0 spiro atoms. The van der Waals surface area contributed by atoms with Gasteiger partial charge in [0.2, 0.25) is 0 Å². The van der Waals surface area contributed by atoms with Crippen molar-refractivity contribution in [3.05, 3.63) is 35.9 Å². The molecule has 1 aliphatic heterocycles. The average Bonchev–Trinajstić information content (AvgIpc) is 2.53. The summed E-state index contributed by atoms with van der Waals surface area (Å²) in [5, 5.41) is 1.90. The maximum Gasteiger partial charge on any atom is 0.328 e. The van der Waals surface area contributed by atoms with Crippen molar-refractivity contribution in [3.8, 4) is 0 Å². The molecule has 4 heteroatoms. The molecular formula is C18H27NO3. The van der Waals surface area contributed by atoms with Crippen molar-refractivity contribution in [3.63, 3.8) is 0 Å². The molecule has 22 heavy (non-hydrogen) atoms. The predicted molar refractivity (Wildman–Crippen MR) is 86.3 cm³/mol. The van der Waals surface area contributed by atoms with Crippen LogP contribution in [-0.4, -0.2) is 35.3 Å². The van der Waals surface area contributed by atoms with Gasteiger partial charge in [0, 0.05) is 0 Å². The predicted octanol–water partition coefficient (Wildman–Crippen LogP) is 3.36. The van der Waals surface area contributed by atoms with Gasteiger partial charge in [-0.2, -0.15) is 5.06 Å². The average molecular weight is 305 g/mol. The van der Waals surface area contributed by atoms with Gasteiger partial charge >= 0.3 is 5.97 Å². The summed E-state index contributed by atoms with van der Waals surface area (Å²) in [7, 11) is 0. The number of benzene rings is 1. The molecule has 0 atom stereocenters. The molecule has 1 aromatic rings. The van der Waals surface area contributed by atoms with Crippen molar-refractivity contribution in [1.29, 1.82) is 0 Å². The maximum atomic E-state index is 12.4. The molecule has 0 bridgehead atoms. The second-order valence-corrected chi connectivity index (χ2v) is 6.49. The van der Waals surface area contributed by atoms with E-state index < -0.39 is 5.54 Å². The van der Waals surface area contributed by atoms with Gasteiger partial charge in [-0.15, -0.1) is 0 Å². The maximum absolute atomic E-state index is 12.4. The van der Waals surface area contributed by atoms with E-state index in [9.17, 15) is 4.79 Å². The Morgan fingerprint density at radius 1 is 1.18 bits per heavy atom. The van der Waals surface area contributed by atoms with Crippen LogP contribution < -0.4 is 0 Å². The largest absolute Gasteiger partial charge is 0.462 e. The summed E-state index contributed by atoms with van der Waals surface area (Å²) in [6, 6.07) is 10.2. The minimum atomic E-state index is -0.682. The van der Waals surface area contributed by atoms with Gasteiger partial charge in [0.05, 0.1) is 12.1 Å². The lowest BCUT2D eigenvalue weighted by Gasteiger charge is -2.51.